The zero-order valence-corrected chi connectivity index (χ0v) is 12.8. The molecule has 0 radical (unpaired) electrons. The van der Waals surface area contributed by atoms with Crippen molar-refractivity contribution < 1.29 is 27.6 Å². The number of amides is 5. The van der Waals surface area contributed by atoms with Crippen LogP contribution < -0.4 is 16.1 Å². The molecule has 24 heavy (non-hydrogen) atoms. The molecule has 0 saturated carbocycles. The number of nitrogens with zero attached hydrogens (tertiary/aromatic N) is 1. The minimum atomic E-state index is -4.55. The van der Waals surface area contributed by atoms with E-state index in [1.165, 1.54) is 13.0 Å². The van der Waals surface area contributed by atoms with Crippen LogP contribution in [0.4, 0.5) is 28.4 Å². The van der Waals surface area contributed by atoms with E-state index in [1.807, 2.05) is 5.43 Å². The average molecular weight is 344 g/mol. The number of imide groups is 1. The number of benzene rings is 1. The summed E-state index contributed by atoms with van der Waals surface area (Å²) >= 11 is 0. The van der Waals surface area contributed by atoms with E-state index in [-0.39, 0.29) is 5.69 Å². The number of carbonyl (C=O) groups is 3. The fourth-order valence-electron chi connectivity index (χ4n) is 2.06. The molecule has 1 heterocycles. The molecule has 1 aliphatic rings. The molecule has 1 aromatic rings. The number of alkyl halides is 3. The molecule has 130 valence electrons. The molecule has 0 spiro atoms. The molecule has 1 saturated heterocycles. The van der Waals surface area contributed by atoms with Crippen LogP contribution in [0, 0.1) is 0 Å². The smallest absolute Gasteiger partial charge is 0.322 e. The van der Waals surface area contributed by atoms with Crippen molar-refractivity contribution in [1.29, 1.82) is 0 Å². The first kappa shape index (κ1) is 17.6. The van der Waals surface area contributed by atoms with Crippen LogP contribution >= 0.6 is 0 Å². The number of halogens is 3. The van der Waals surface area contributed by atoms with Gasteiger partial charge in [0.15, 0.2) is 0 Å². The van der Waals surface area contributed by atoms with Crippen molar-refractivity contribution in [3.05, 3.63) is 29.8 Å². The highest BCUT2D eigenvalue weighted by molar-refractivity contribution is 6.08. The maximum atomic E-state index is 12.6. The normalized spacial score (nSPS) is 20.8. The molecule has 0 bridgehead atoms. The number of carbonyl (C=O) groups excluding carboxylic acids is 3. The second-order valence-electron chi connectivity index (χ2n) is 5.40. The Morgan fingerprint density at radius 1 is 1.33 bits per heavy atom. The minimum absolute atomic E-state index is 0.132. The maximum Gasteiger partial charge on any atom is 0.416 e. The molecule has 1 atom stereocenters. The van der Waals surface area contributed by atoms with Crippen molar-refractivity contribution >= 4 is 23.7 Å². The van der Waals surface area contributed by atoms with Gasteiger partial charge in [0, 0.05) is 5.69 Å². The van der Waals surface area contributed by atoms with Crippen LogP contribution in [0.2, 0.25) is 0 Å². The third kappa shape index (κ3) is 3.42. The number of hydrogen-bond donors (Lipinski definition) is 3. The van der Waals surface area contributed by atoms with E-state index in [4.69, 9.17) is 0 Å². The Hall–Kier alpha value is -2.78. The van der Waals surface area contributed by atoms with Crippen molar-refractivity contribution in [3.63, 3.8) is 0 Å². The van der Waals surface area contributed by atoms with Gasteiger partial charge >= 0.3 is 18.2 Å². The van der Waals surface area contributed by atoms with Gasteiger partial charge in [-0.25, -0.2) is 15.0 Å². The molecule has 2 rings (SSSR count). The third-order valence-electron chi connectivity index (χ3n) is 3.63. The SMILES string of the molecule is CC[C@@]1(C)NC(=O)N(NC(=O)Nc2cccc(C(F)(F)F)c2)C1=O. The highest BCUT2D eigenvalue weighted by Gasteiger charge is 2.47. The van der Waals surface area contributed by atoms with Gasteiger partial charge in [-0.15, -0.1) is 0 Å². The fourth-order valence-corrected chi connectivity index (χ4v) is 2.06. The lowest BCUT2D eigenvalue weighted by atomic mass is 10.00. The van der Waals surface area contributed by atoms with Gasteiger partial charge in [-0.05, 0) is 31.5 Å². The van der Waals surface area contributed by atoms with Crippen LogP contribution in [-0.2, 0) is 11.0 Å². The van der Waals surface area contributed by atoms with Crippen LogP contribution in [0.5, 0.6) is 0 Å². The summed E-state index contributed by atoms with van der Waals surface area (Å²) in [5.74, 6) is -0.658. The molecular formula is C14H15F3N4O3. The van der Waals surface area contributed by atoms with E-state index in [0.29, 0.717) is 11.4 Å². The van der Waals surface area contributed by atoms with Crippen molar-refractivity contribution in [3.8, 4) is 0 Å². The molecule has 1 fully saturated rings. The highest BCUT2D eigenvalue weighted by atomic mass is 19.4. The van der Waals surface area contributed by atoms with Crippen LogP contribution in [0.15, 0.2) is 24.3 Å². The monoisotopic (exact) mass is 344 g/mol. The summed E-state index contributed by atoms with van der Waals surface area (Å²) in [4.78, 5) is 35.7. The zero-order chi connectivity index (χ0) is 18.1. The molecule has 0 aromatic heterocycles. The summed E-state index contributed by atoms with van der Waals surface area (Å²) in [6, 6.07) is 2.13. The Morgan fingerprint density at radius 2 is 2.00 bits per heavy atom. The van der Waals surface area contributed by atoms with Crippen molar-refractivity contribution in [1.82, 2.24) is 15.8 Å². The van der Waals surface area contributed by atoms with E-state index in [2.05, 4.69) is 10.6 Å². The topological polar surface area (TPSA) is 90.5 Å². The number of hydrogen-bond acceptors (Lipinski definition) is 3. The number of anilines is 1. The van der Waals surface area contributed by atoms with Crippen molar-refractivity contribution in [2.45, 2.75) is 32.0 Å². The summed E-state index contributed by atoms with van der Waals surface area (Å²) in [7, 11) is 0. The van der Waals surface area contributed by atoms with Crippen molar-refractivity contribution in [2.75, 3.05) is 5.32 Å². The molecule has 7 nitrogen and oxygen atoms in total. The Labute approximate surface area is 135 Å². The van der Waals surface area contributed by atoms with Gasteiger partial charge in [-0.3, -0.25) is 4.79 Å². The van der Waals surface area contributed by atoms with E-state index in [0.717, 1.165) is 18.2 Å². The predicted octanol–water partition coefficient (Wildman–Crippen LogP) is 2.46. The third-order valence-corrected chi connectivity index (χ3v) is 3.63. The Balaban J connectivity index is 2.07. The molecule has 3 N–H and O–H groups in total. The van der Waals surface area contributed by atoms with Crippen molar-refractivity contribution in [2.24, 2.45) is 0 Å². The molecule has 0 aliphatic carbocycles. The van der Waals surface area contributed by atoms with Gasteiger partial charge in [-0.2, -0.15) is 18.2 Å². The summed E-state index contributed by atoms with van der Waals surface area (Å²) < 4.78 is 37.9. The quantitative estimate of drug-likeness (QED) is 0.736. The molecule has 1 aromatic carbocycles. The summed E-state index contributed by atoms with van der Waals surface area (Å²) in [6.45, 7) is 3.18. The minimum Gasteiger partial charge on any atom is -0.322 e. The number of nitrogens with one attached hydrogen (secondary N) is 3. The summed E-state index contributed by atoms with van der Waals surface area (Å²) in [5, 5.41) is 5.06. The van der Waals surface area contributed by atoms with E-state index < -0.39 is 35.2 Å². The zero-order valence-electron chi connectivity index (χ0n) is 12.8. The van der Waals surface area contributed by atoms with Crippen LogP contribution in [-0.4, -0.2) is 28.5 Å². The van der Waals surface area contributed by atoms with Gasteiger partial charge in [-0.1, -0.05) is 13.0 Å². The lowest BCUT2D eigenvalue weighted by Gasteiger charge is -2.19. The largest absolute Gasteiger partial charge is 0.416 e. The number of rotatable bonds is 3. The van der Waals surface area contributed by atoms with Gasteiger partial charge in [0.05, 0.1) is 5.56 Å². The molecular weight excluding hydrogens is 329 g/mol. The van der Waals surface area contributed by atoms with Crippen LogP contribution in [0.25, 0.3) is 0 Å². The second-order valence-corrected chi connectivity index (χ2v) is 5.40. The average Bonchev–Trinajstić information content (AvgIpc) is 2.71. The highest BCUT2D eigenvalue weighted by Crippen LogP contribution is 2.30. The first-order valence-electron chi connectivity index (χ1n) is 6.98. The van der Waals surface area contributed by atoms with E-state index in [9.17, 15) is 27.6 Å². The van der Waals surface area contributed by atoms with Crippen LogP contribution in [0.1, 0.15) is 25.8 Å². The van der Waals surface area contributed by atoms with Gasteiger partial charge in [0.25, 0.3) is 5.91 Å². The molecule has 0 unspecified atom stereocenters. The number of urea groups is 2. The Morgan fingerprint density at radius 3 is 2.54 bits per heavy atom. The van der Waals surface area contributed by atoms with E-state index >= 15 is 0 Å². The summed E-state index contributed by atoms with van der Waals surface area (Å²) in [5.41, 5.74) is -0.191. The lowest BCUT2D eigenvalue weighted by molar-refractivity contribution is -0.137. The molecule has 5 amide bonds. The molecule has 1 aliphatic heterocycles. The Bertz CT molecular complexity index is 692. The van der Waals surface area contributed by atoms with E-state index in [1.54, 1.807) is 6.92 Å². The van der Waals surface area contributed by atoms with Gasteiger partial charge in [0.1, 0.15) is 5.54 Å². The second kappa shape index (κ2) is 6.02. The first-order valence-corrected chi connectivity index (χ1v) is 6.98. The summed E-state index contributed by atoms with van der Waals surface area (Å²) in [6.07, 6.45) is -4.24. The first-order chi connectivity index (χ1) is 11.1. The predicted molar refractivity (Wildman–Crippen MR) is 77.7 cm³/mol. The van der Waals surface area contributed by atoms with Gasteiger partial charge in [0.2, 0.25) is 0 Å². The number of hydrazine groups is 1. The lowest BCUT2D eigenvalue weighted by Crippen LogP contribution is -2.49. The Kier molecular flexibility index (Phi) is 4.41. The standard InChI is InChI=1S/C14H15F3N4O3/c1-3-13(2)10(22)21(12(24)19-13)20-11(23)18-9-6-4-5-8(7-9)14(15,16)17/h4-7H,3H2,1-2H3,(H,19,24)(H2,18,20,23)/t13-/m1/s1. The molecule has 10 heteroatoms. The van der Waals surface area contributed by atoms with Gasteiger partial charge < -0.3 is 10.6 Å². The fraction of sp³-hybridized carbons (Fsp3) is 0.357. The maximum absolute atomic E-state index is 12.6. The van der Waals surface area contributed by atoms with Crippen LogP contribution in [0.3, 0.4) is 0 Å².